The van der Waals surface area contributed by atoms with Gasteiger partial charge in [0.05, 0.1) is 17.1 Å². The molecule has 1 unspecified atom stereocenters. The lowest BCUT2D eigenvalue weighted by Gasteiger charge is -2.15. The smallest absolute Gasteiger partial charge is 0.220 e. The molecule has 5 heteroatoms. The lowest BCUT2D eigenvalue weighted by molar-refractivity contribution is -0.121. The van der Waals surface area contributed by atoms with Gasteiger partial charge in [0.1, 0.15) is 5.82 Å². The van der Waals surface area contributed by atoms with Gasteiger partial charge in [0, 0.05) is 19.4 Å². The van der Waals surface area contributed by atoms with Crippen LogP contribution in [0, 0.1) is 0 Å². The van der Waals surface area contributed by atoms with Gasteiger partial charge in [-0.2, -0.15) is 0 Å². The van der Waals surface area contributed by atoms with Crippen molar-refractivity contribution in [1.82, 2.24) is 14.9 Å². The van der Waals surface area contributed by atoms with E-state index in [1.54, 1.807) is 6.92 Å². The van der Waals surface area contributed by atoms with E-state index in [1.807, 2.05) is 61.5 Å². The summed E-state index contributed by atoms with van der Waals surface area (Å²) in [5.74, 6) is 1.21. The van der Waals surface area contributed by atoms with Crippen molar-refractivity contribution in [2.75, 3.05) is 6.54 Å². The molecule has 1 heterocycles. The molecule has 0 aliphatic heterocycles. The lowest BCUT2D eigenvalue weighted by atomic mass is 10.1. The van der Waals surface area contributed by atoms with Gasteiger partial charge < -0.3 is 9.88 Å². The van der Waals surface area contributed by atoms with Crippen LogP contribution < -0.4 is 5.32 Å². The number of Topliss-reactive ketones (excluding diaryl/α,β-unsaturated/α-hetero) is 1. The first-order valence-electron chi connectivity index (χ1n) is 10.8. The fourth-order valence-electron chi connectivity index (χ4n) is 3.69. The van der Waals surface area contributed by atoms with E-state index in [9.17, 15) is 9.59 Å². The fourth-order valence-corrected chi connectivity index (χ4v) is 3.69. The quantitative estimate of drug-likeness (QED) is 0.472. The number of para-hydroxylation sites is 2. The molecule has 30 heavy (non-hydrogen) atoms. The average molecular weight is 406 g/mol. The number of hydrogen-bond donors (Lipinski definition) is 1. The van der Waals surface area contributed by atoms with E-state index in [0.29, 0.717) is 13.0 Å². The molecule has 158 valence electrons. The van der Waals surface area contributed by atoms with E-state index in [1.165, 1.54) is 5.56 Å². The molecule has 0 radical (unpaired) electrons. The Kier molecular flexibility index (Phi) is 7.77. The number of amides is 1. The van der Waals surface area contributed by atoms with Crippen LogP contribution in [0.5, 0.6) is 0 Å². The number of benzene rings is 2. The predicted molar refractivity (Wildman–Crippen MR) is 120 cm³/mol. The van der Waals surface area contributed by atoms with Crippen LogP contribution in [0.3, 0.4) is 0 Å². The molecule has 2 aromatic carbocycles. The summed E-state index contributed by atoms with van der Waals surface area (Å²) in [5.41, 5.74) is 3.14. The van der Waals surface area contributed by atoms with E-state index in [4.69, 9.17) is 4.98 Å². The van der Waals surface area contributed by atoms with E-state index in [2.05, 4.69) is 9.88 Å². The molecule has 0 bridgehead atoms. The summed E-state index contributed by atoms with van der Waals surface area (Å²) in [5, 5.41) is 3.01. The average Bonchev–Trinajstić information content (AvgIpc) is 3.13. The molecule has 0 fully saturated rings. The SMILES string of the molecule is CC(=O)C(C)n1c(CCCCCNC(=O)CCc2ccccc2)nc2ccccc21. The van der Waals surface area contributed by atoms with Gasteiger partial charge in [-0.05, 0) is 50.8 Å². The highest BCUT2D eigenvalue weighted by Crippen LogP contribution is 2.23. The number of rotatable bonds is 11. The summed E-state index contributed by atoms with van der Waals surface area (Å²) in [7, 11) is 0. The van der Waals surface area contributed by atoms with Crippen molar-refractivity contribution in [2.45, 2.75) is 58.4 Å². The molecule has 1 N–H and O–H groups in total. The molecule has 0 saturated heterocycles. The molecule has 3 aromatic rings. The minimum absolute atomic E-state index is 0.107. The first-order valence-corrected chi connectivity index (χ1v) is 10.8. The Hall–Kier alpha value is -2.95. The third-order valence-corrected chi connectivity index (χ3v) is 5.53. The van der Waals surface area contributed by atoms with Crippen LogP contribution >= 0.6 is 0 Å². The molecule has 3 rings (SSSR count). The molecule has 1 amide bonds. The maximum atomic E-state index is 12.0. The summed E-state index contributed by atoms with van der Waals surface area (Å²) in [6.45, 7) is 4.27. The molecule has 5 nitrogen and oxygen atoms in total. The van der Waals surface area contributed by atoms with Gasteiger partial charge in [-0.25, -0.2) is 4.98 Å². The van der Waals surface area contributed by atoms with Crippen LogP contribution in [0.1, 0.15) is 57.0 Å². The lowest BCUT2D eigenvalue weighted by Crippen LogP contribution is -2.24. The molecule has 0 spiro atoms. The summed E-state index contributed by atoms with van der Waals surface area (Å²) in [6, 6.07) is 17.8. The van der Waals surface area contributed by atoms with Gasteiger partial charge in [0.15, 0.2) is 5.78 Å². The fraction of sp³-hybridized carbons (Fsp3) is 0.400. The van der Waals surface area contributed by atoms with Crippen LogP contribution in [0.25, 0.3) is 11.0 Å². The molecule has 1 aromatic heterocycles. The molecule has 1 atom stereocenters. The monoisotopic (exact) mass is 405 g/mol. The molecule has 0 aliphatic rings. The highest BCUT2D eigenvalue weighted by atomic mass is 16.1. The highest BCUT2D eigenvalue weighted by molar-refractivity contribution is 5.83. The number of fused-ring (bicyclic) bond motifs is 1. The van der Waals surface area contributed by atoms with Gasteiger partial charge in [-0.1, -0.05) is 48.9 Å². The summed E-state index contributed by atoms with van der Waals surface area (Å²) >= 11 is 0. The summed E-state index contributed by atoms with van der Waals surface area (Å²) in [6.07, 6.45) is 5.06. The third-order valence-electron chi connectivity index (χ3n) is 5.53. The number of carbonyl (C=O) groups is 2. The van der Waals surface area contributed by atoms with Gasteiger partial charge in [0.25, 0.3) is 0 Å². The normalized spacial score (nSPS) is 12.1. The number of hydrogen-bond acceptors (Lipinski definition) is 3. The summed E-state index contributed by atoms with van der Waals surface area (Å²) in [4.78, 5) is 28.7. The van der Waals surface area contributed by atoms with Crippen molar-refractivity contribution in [2.24, 2.45) is 0 Å². The number of carbonyl (C=O) groups excluding carboxylic acids is 2. The molecular formula is C25H31N3O2. The van der Waals surface area contributed by atoms with Crippen LogP contribution in [-0.4, -0.2) is 27.8 Å². The number of aromatic nitrogens is 2. The maximum absolute atomic E-state index is 12.0. The zero-order valence-corrected chi connectivity index (χ0v) is 17.9. The van der Waals surface area contributed by atoms with Crippen molar-refractivity contribution in [3.8, 4) is 0 Å². The maximum Gasteiger partial charge on any atom is 0.220 e. The second-order valence-corrected chi connectivity index (χ2v) is 7.82. The Morgan fingerprint density at radius 1 is 0.967 bits per heavy atom. The van der Waals surface area contributed by atoms with Crippen LogP contribution in [0.2, 0.25) is 0 Å². The predicted octanol–water partition coefficient (Wildman–Crippen LogP) is 4.65. The van der Waals surface area contributed by atoms with Crippen LogP contribution in [-0.2, 0) is 22.4 Å². The summed E-state index contributed by atoms with van der Waals surface area (Å²) < 4.78 is 2.07. The van der Waals surface area contributed by atoms with Crippen LogP contribution in [0.15, 0.2) is 54.6 Å². The number of aryl methyl sites for hydroxylation is 2. The van der Waals surface area contributed by atoms with Gasteiger partial charge >= 0.3 is 0 Å². The zero-order valence-electron chi connectivity index (χ0n) is 17.9. The molecule has 0 saturated carbocycles. The van der Waals surface area contributed by atoms with Gasteiger partial charge in [0.2, 0.25) is 5.91 Å². The number of nitrogens with one attached hydrogen (secondary N) is 1. The van der Waals surface area contributed by atoms with E-state index < -0.39 is 0 Å². The minimum Gasteiger partial charge on any atom is -0.356 e. The topological polar surface area (TPSA) is 64.0 Å². The Morgan fingerprint density at radius 3 is 2.47 bits per heavy atom. The van der Waals surface area contributed by atoms with Crippen molar-refractivity contribution in [1.29, 1.82) is 0 Å². The Labute approximate surface area is 178 Å². The Morgan fingerprint density at radius 2 is 1.70 bits per heavy atom. The first kappa shape index (κ1) is 21.8. The standard InChI is InChI=1S/C25H31N3O2/c1-19(20(2)29)28-23-14-9-8-13-22(23)27-24(28)15-7-4-10-18-26-25(30)17-16-21-11-5-3-6-12-21/h3,5-6,8-9,11-14,19H,4,7,10,15-18H2,1-2H3,(H,26,30). The van der Waals surface area contributed by atoms with E-state index in [0.717, 1.165) is 49.0 Å². The Bertz CT molecular complexity index is 978. The van der Waals surface area contributed by atoms with Crippen molar-refractivity contribution < 1.29 is 9.59 Å². The van der Waals surface area contributed by atoms with Crippen LogP contribution in [0.4, 0.5) is 0 Å². The van der Waals surface area contributed by atoms with Gasteiger partial charge in [-0.3, -0.25) is 9.59 Å². The van der Waals surface area contributed by atoms with E-state index in [-0.39, 0.29) is 17.7 Å². The molecule has 0 aliphatic carbocycles. The third kappa shape index (κ3) is 5.78. The highest BCUT2D eigenvalue weighted by Gasteiger charge is 2.18. The zero-order chi connectivity index (χ0) is 21.3. The second-order valence-electron chi connectivity index (χ2n) is 7.82. The van der Waals surface area contributed by atoms with Crippen molar-refractivity contribution in [3.63, 3.8) is 0 Å². The number of ketones is 1. The Balaban J connectivity index is 1.42. The first-order chi connectivity index (χ1) is 14.6. The minimum atomic E-state index is -0.212. The van der Waals surface area contributed by atoms with Crippen molar-refractivity contribution >= 4 is 22.7 Å². The molecular weight excluding hydrogens is 374 g/mol. The van der Waals surface area contributed by atoms with Gasteiger partial charge in [-0.15, -0.1) is 0 Å². The second kappa shape index (κ2) is 10.7. The number of unbranched alkanes of at least 4 members (excludes halogenated alkanes) is 2. The number of imidazole rings is 1. The van der Waals surface area contributed by atoms with E-state index >= 15 is 0 Å². The largest absolute Gasteiger partial charge is 0.356 e. The van der Waals surface area contributed by atoms with Crippen molar-refractivity contribution in [3.05, 3.63) is 66.0 Å². The number of nitrogens with zero attached hydrogens (tertiary/aromatic N) is 2.